The summed E-state index contributed by atoms with van der Waals surface area (Å²) >= 11 is 0. The molecule has 2 bridgehead atoms. The lowest BCUT2D eigenvalue weighted by Crippen LogP contribution is -2.46. The summed E-state index contributed by atoms with van der Waals surface area (Å²) in [4.78, 5) is 0. The van der Waals surface area contributed by atoms with E-state index in [0.717, 1.165) is 19.3 Å². The van der Waals surface area contributed by atoms with E-state index in [-0.39, 0.29) is 18.2 Å². The van der Waals surface area contributed by atoms with Gasteiger partial charge in [-0.2, -0.15) is 0 Å². The average Bonchev–Trinajstić information content (AvgIpc) is 2.21. The zero-order valence-electron chi connectivity index (χ0n) is 5.83. The van der Waals surface area contributed by atoms with Crippen molar-refractivity contribution in [3.05, 3.63) is 0 Å². The van der Waals surface area contributed by atoms with Crippen LogP contribution in [0.25, 0.3) is 0 Å². The minimum absolute atomic E-state index is 0.0428. The quantitative estimate of drug-likeness (QED) is 0.417. The summed E-state index contributed by atoms with van der Waals surface area (Å²) in [6.07, 6.45) is 2.03. The Bertz CT molecular complexity index is 136. The molecule has 3 N–H and O–H groups in total. The molecule has 58 valence electrons. The summed E-state index contributed by atoms with van der Waals surface area (Å²) in [6.45, 7) is 0. The molecule has 0 amide bonds. The third kappa shape index (κ3) is 0.856. The molecule has 2 aliphatic rings. The van der Waals surface area contributed by atoms with Crippen LogP contribution in [0.1, 0.15) is 19.3 Å². The molecule has 0 aromatic carbocycles. The van der Waals surface area contributed by atoms with Crippen molar-refractivity contribution in [3.63, 3.8) is 0 Å². The first-order valence-corrected chi connectivity index (χ1v) is 3.89. The number of rotatable bonds is 0. The van der Waals surface area contributed by atoms with Crippen molar-refractivity contribution in [2.45, 2.75) is 43.6 Å². The molecule has 2 aliphatic heterocycles. The van der Waals surface area contributed by atoms with E-state index >= 15 is 0 Å². The molecule has 0 unspecified atom stereocenters. The molecule has 0 radical (unpaired) electrons. The van der Waals surface area contributed by atoms with Crippen LogP contribution in [0, 0.1) is 0 Å². The summed E-state index contributed by atoms with van der Waals surface area (Å²) in [6, 6.07) is 0.419. The maximum atomic E-state index is 9.35. The molecular formula is C7H13NO2. The van der Waals surface area contributed by atoms with E-state index in [2.05, 4.69) is 5.32 Å². The number of aliphatic hydroxyl groups excluding tert-OH is 2. The highest BCUT2D eigenvalue weighted by Crippen LogP contribution is 2.26. The van der Waals surface area contributed by atoms with Crippen LogP contribution in [0.4, 0.5) is 0 Å². The molecule has 2 fully saturated rings. The van der Waals surface area contributed by atoms with Crippen molar-refractivity contribution in [1.29, 1.82) is 0 Å². The van der Waals surface area contributed by atoms with Gasteiger partial charge in [0.15, 0.2) is 0 Å². The van der Waals surface area contributed by atoms with Crippen LogP contribution in [-0.2, 0) is 0 Å². The van der Waals surface area contributed by atoms with Gasteiger partial charge in [-0.1, -0.05) is 0 Å². The average molecular weight is 143 g/mol. The van der Waals surface area contributed by atoms with E-state index in [4.69, 9.17) is 0 Å². The third-order valence-corrected chi connectivity index (χ3v) is 2.59. The molecule has 0 aliphatic carbocycles. The van der Waals surface area contributed by atoms with E-state index in [0.29, 0.717) is 6.04 Å². The standard InChI is InChI=1S/C7H13NO2/c9-5-2-1-4-3-6(10)7(5)8-4/h4-10H,1-3H2/t4-,5+,6-,7+/m1/s1. The molecule has 0 aromatic heterocycles. The minimum atomic E-state index is -0.325. The van der Waals surface area contributed by atoms with Crippen LogP contribution in [0.3, 0.4) is 0 Å². The van der Waals surface area contributed by atoms with Crippen LogP contribution in [-0.4, -0.2) is 34.5 Å². The normalized spacial score (nSPS) is 53.4. The SMILES string of the molecule is O[C@@H]1C[C@H]2CC[C@H](O)[C@@H]1N2. The largest absolute Gasteiger partial charge is 0.391 e. The Morgan fingerprint density at radius 2 is 1.90 bits per heavy atom. The first-order valence-electron chi connectivity index (χ1n) is 3.89. The van der Waals surface area contributed by atoms with Crippen molar-refractivity contribution in [1.82, 2.24) is 5.32 Å². The Kier molecular flexibility index (Phi) is 1.44. The van der Waals surface area contributed by atoms with Crippen LogP contribution in [0.5, 0.6) is 0 Å². The summed E-state index contributed by atoms with van der Waals surface area (Å²) in [7, 11) is 0. The smallest absolute Gasteiger partial charge is 0.0733 e. The highest BCUT2D eigenvalue weighted by molar-refractivity contribution is 4.99. The van der Waals surface area contributed by atoms with Crippen molar-refractivity contribution >= 4 is 0 Å². The van der Waals surface area contributed by atoms with Gasteiger partial charge in [0, 0.05) is 6.04 Å². The van der Waals surface area contributed by atoms with Gasteiger partial charge in [0.2, 0.25) is 0 Å². The number of fused-ring (bicyclic) bond motifs is 2. The van der Waals surface area contributed by atoms with E-state index in [1.54, 1.807) is 0 Å². The fourth-order valence-electron chi connectivity index (χ4n) is 2.01. The van der Waals surface area contributed by atoms with Gasteiger partial charge in [0.25, 0.3) is 0 Å². The lowest BCUT2D eigenvalue weighted by molar-refractivity contribution is 0.0524. The van der Waals surface area contributed by atoms with E-state index in [1.807, 2.05) is 0 Å². The first kappa shape index (κ1) is 6.58. The van der Waals surface area contributed by atoms with Crippen molar-refractivity contribution in [2.75, 3.05) is 0 Å². The molecular weight excluding hydrogens is 130 g/mol. The number of hydrogen-bond acceptors (Lipinski definition) is 3. The molecule has 3 heteroatoms. The second kappa shape index (κ2) is 2.19. The highest BCUT2D eigenvalue weighted by Gasteiger charge is 2.40. The Hall–Kier alpha value is -0.120. The molecule has 0 spiro atoms. The van der Waals surface area contributed by atoms with Crippen LogP contribution in [0.2, 0.25) is 0 Å². The van der Waals surface area contributed by atoms with Crippen LogP contribution >= 0.6 is 0 Å². The predicted molar refractivity (Wildman–Crippen MR) is 36.6 cm³/mol. The van der Waals surface area contributed by atoms with Gasteiger partial charge < -0.3 is 15.5 Å². The van der Waals surface area contributed by atoms with Crippen LogP contribution in [0.15, 0.2) is 0 Å². The van der Waals surface area contributed by atoms with Crippen molar-refractivity contribution < 1.29 is 10.2 Å². The lowest BCUT2D eigenvalue weighted by Gasteiger charge is -2.26. The Balaban J connectivity index is 2.10. The van der Waals surface area contributed by atoms with Gasteiger partial charge in [-0.25, -0.2) is 0 Å². The van der Waals surface area contributed by atoms with Gasteiger partial charge in [-0.3, -0.25) is 0 Å². The van der Waals surface area contributed by atoms with Gasteiger partial charge in [0.1, 0.15) is 0 Å². The second-order valence-corrected chi connectivity index (χ2v) is 3.34. The maximum Gasteiger partial charge on any atom is 0.0733 e. The molecule has 0 saturated carbocycles. The van der Waals surface area contributed by atoms with E-state index in [9.17, 15) is 10.2 Å². The number of piperidine rings is 1. The van der Waals surface area contributed by atoms with E-state index in [1.165, 1.54) is 0 Å². The molecule has 0 aromatic rings. The summed E-state index contributed by atoms with van der Waals surface area (Å²) in [5.41, 5.74) is 0. The number of nitrogens with one attached hydrogen (secondary N) is 1. The molecule has 2 heterocycles. The van der Waals surface area contributed by atoms with Crippen LogP contribution < -0.4 is 5.32 Å². The Morgan fingerprint density at radius 3 is 2.60 bits per heavy atom. The topological polar surface area (TPSA) is 52.5 Å². The molecule has 10 heavy (non-hydrogen) atoms. The molecule has 2 saturated heterocycles. The monoisotopic (exact) mass is 143 g/mol. The van der Waals surface area contributed by atoms with Gasteiger partial charge >= 0.3 is 0 Å². The van der Waals surface area contributed by atoms with E-state index < -0.39 is 0 Å². The van der Waals surface area contributed by atoms with Gasteiger partial charge in [0.05, 0.1) is 18.2 Å². The number of aliphatic hydroxyl groups is 2. The summed E-state index contributed by atoms with van der Waals surface area (Å²) in [5.74, 6) is 0. The fraction of sp³-hybridized carbons (Fsp3) is 1.00. The summed E-state index contributed by atoms with van der Waals surface area (Å²) < 4.78 is 0. The summed E-state index contributed by atoms with van der Waals surface area (Å²) in [5, 5.41) is 21.9. The zero-order valence-corrected chi connectivity index (χ0v) is 5.83. The predicted octanol–water partition coefficient (Wildman–Crippen LogP) is -0.768. The first-order chi connectivity index (χ1) is 4.77. The maximum absolute atomic E-state index is 9.35. The van der Waals surface area contributed by atoms with Gasteiger partial charge in [-0.15, -0.1) is 0 Å². The fourth-order valence-corrected chi connectivity index (χ4v) is 2.01. The zero-order chi connectivity index (χ0) is 7.14. The molecule has 3 nitrogen and oxygen atoms in total. The number of hydrogen-bond donors (Lipinski definition) is 3. The molecule has 4 atom stereocenters. The Morgan fingerprint density at radius 1 is 1.10 bits per heavy atom. The highest BCUT2D eigenvalue weighted by atomic mass is 16.3. The second-order valence-electron chi connectivity index (χ2n) is 3.34. The van der Waals surface area contributed by atoms with Crippen molar-refractivity contribution in [2.24, 2.45) is 0 Å². The van der Waals surface area contributed by atoms with Gasteiger partial charge in [-0.05, 0) is 19.3 Å². The minimum Gasteiger partial charge on any atom is -0.391 e. The lowest BCUT2D eigenvalue weighted by atomic mass is 10.0. The van der Waals surface area contributed by atoms with Crippen molar-refractivity contribution in [3.8, 4) is 0 Å². The molecule has 2 rings (SSSR count). The third-order valence-electron chi connectivity index (χ3n) is 2.59. The Labute approximate surface area is 60.1 Å².